The van der Waals surface area contributed by atoms with Crippen LogP contribution in [0.15, 0.2) is 24.5 Å². The number of aldehydes is 1. The molecule has 1 heterocycles. The highest BCUT2D eigenvalue weighted by molar-refractivity contribution is 5.80. The molecule has 0 spiro atoms. The van der Waals surface area contributed by atoms with Gasteiger partial charge in [0.05, 0.1) is 5.56 Å². The number of para-hydroxylation sites is 1. The molecule has 0 radical (unpaired) electrons. The van der Waals surface area contributed by atoms with Crippen molar-refractivity contribution < 1.29 is 9.53 Å². The highest BCUT2D eigenvalue weighted by Gasteiger charge is 2.10. The van der Waals surface area contributed by atoms with Crippen molar-refractivity contribution in [1.29, 1.82) is 0 Å². The van der Waals surface area contributed by atoms with Crippen molar-refractivity contribution in [2.24, 2.45) is 5.92 Å². The van der Waals surface area contributed by atoms with E-state index >= 15 is 0 Å². The first kappa shape index (κ1) is 14.2. The van der Waals surface area contributed by atoms with Gasteiger partial charge in [0.2, 0.25) is 0 Å². The van der Waals surface area contributed by atoms with E-state index in [1.54, 1.807) is 6.07 Å². The number of rotatable bonds is 6. The summed E-state index contributed by atoms with van der Waals surface area (Å²) >= 11 is 0. The Morgan fingerprint density at radius 1 is 1.40 bits per heavy atom. The predicted octanol–water partition coefficient (Wildman–Crippen LogP) is 2.63. The first-order valence-corrected chi connectivity index (χ1v) is 6.66. The minimum Gasteiger partial charge on any atom is -0.485 e. The van der Waals surface area contributed by atoms with Gasteiger partial charge in [0, 0.05) is 6.54 Å². The van der Waals surface area contributed by atoms with Crippen LogP contribution in [0, 0.1) is 12.8 Å². The molecule has 0 N–H and O–H groups in total. The molecule has 2 aromatic rings. The van der Waals surface area contributed by atoms with E-state index in [-0.39, 0.29) is 0 Å². The second-order valence-corrected chi connectivity index (χ2v) is 5.15. The molecule has 106 valence electrons. The van der Waals surface area contributed by atoms with Gasteiger partial charge in [-0.25, -0.2) is 9.67 Å². The minimum absolute atomic E-state index is 0.304. The molecule has 1 aromatic carbocycles. The highest BCUT2D eigenvalue weighted by Crippen LogP contribution is 2.22. The molecule has 5 nitrogen and oxygen atoms in total. The Kier molecular flexibility index (Phi) is 4.50. The summed E-state index contributed by atoms with van der Waals surface area (Å²) in [6, 6.07) is 5.50. The summed E-state index contributed by atoms with van der Waals surface area (Å²) in [5.41, 5.74) is 1.49. The molecule has 0 amide bonds. The lowest BCUT2D eigenvalue weighted by molar-refractivity contribution is 0.111. The quantitative estimate of drug-likeness (QED) is 0.759. The van der Waals surface area contributed by atoms with Crippen molar-refractivity contribution >= 4 is 6.29 Å². The van der Waals surface area contributed by atoms with Gasteiger partial charge in [-0.05, 0) is 24.5 Å². The molecule has 2 rings (SSSR count). The first-order valence-electron chi connectivity index (χ1n) is 6.66. The molecule has 0 bridgehead atoms. The number of hydrogen-bond acceptors (Lipinski definition) is 4. The van der Waals surface area contributed by atoms with E-state index < -0.39 is 0 Å². The topological polar surface area (TPSA) is 57.0 Å². The summed E-state index contributed by atoms with van der Waals surface area (Å²) in [5, 5.41) is 4.19. The van der Waals surface area contributed by atoms with Crippen LogP contribution in [-0.4, -0.2) is 21.1 Å². The van der Waals surface area contributed by atoms with Crippen molar-refractivity contribution in [2.75, 3.05) is 0 Å². The van der Waals surface area contributed by atoms with Crippen LogP contribution < -0.4 is 4.74 Å². The number of carbonyl (C=O) groups is 1. The number of carbonyl (C=O) groups excluding carboxylic acids is 1. The molecule has 0 fully saturated rings. The van der Waals surface area contributed by atoms with Crippen LogP contribution in [0.25, 0.3) is 0 Å². The molecular weight excluding hydrogens is 254 g/mol. The second kappa shape index (κ2) is 6.32. The van der Waals surface area contributed by atoms with Gasteiger partial charge in [-0.2, -0.15) is 5.10 Å². The third kappa shape index (κ3) is 3.23. The van der Waals surface area contributed by atoms with Gasteiger partial charge < -0.3 is 4.74 Å². The normalized spacial score (nSPS) is 10.8. The van der Waals surface area contributed by atoms with Crippen LogP contribution in [0.4, 0.5) is 0 Å². The van der Waals surface area contributed by atoms with Gasteiger partial charge >= 0.3 is 0 Å². The molecule has 0 aliphatic carbocycles. The fourth-order valence-electron chi connectivity index (χ4n) is 2.00. The lowest BCUT2D eigenvalue weighted by Crippen LogP contribution is -2.13. The van der Waals surface area contributed by atoms with Crippen LogP contribution in [0.2, 0.25) is 0 Å². The smallest absolute Gasteiger partial charge is 0.164 e. The lowest BCUT2D eigenvalue weighted by Gasteiger charge is -2.12. The highest BCUT2D eigenvalue weighted by atomic mass is 16.5. The predicted molar refractivity (Wildman–Crippen MR) is 75.8 cm³/mol. The van der Waals surface area contributed by atoms with Gasteiger partial charge in [0.25, 0.3) is 0 Å². The molecule has 0 atom stereocenters. The zero-order chi connectivity index (χ0) is 14.5. The van der Waals surface area contributed by atoms with Crippen LogP contribution in [0.3, 0.4) is 0 Å². The molecule has 0 saturated carbocycles. The van der Waals surface area contributed by atoms with Gasteiger partial charge in [-0.1, -0.05) is 26.0 Å². The molecule has 20 heavy (non-hydrogen) atoms. The molecular formula is C15H19N3O2. The molecule has 0 saturated heterocycles. The number of hydrogen-bond donors (Lipinski definition) is 0. The molecule has 5 heteroatoms. The van der Waals surface area contributed by atoms with Crippen LogP contribution in [0.1, 0.15) is 35.6 Å². The zero-order valence-corrected chi connectivity index (χ0v) is 12.0. The molecule has 0 aliphatic heterocycles. The van der Waals surface area contributed by atoms with E-state index in [9.17, 15) is 4.79 Å². The molecule has 1 aromatic heterocycles. The van der Waals surface area contributed by atoms with Crippen molar-refractivity contribution in [3.05, 3.63) is 41.5 Å². The molecule has 0 aliphatic rings. The number of ether oxygens (including phenoxy) is 1. The summed E-state index contributed by atoms with van der Waals surface area (Å²) in [6.45, 7) is 7.27. The lowest BCUT2D eigenvalue weighted by atomic mass is 10.1. The number of aryl methyl sites for hydroxylation is 1. The van der Waals surface area contributed by atoms with E-state index in [1.165, 1.54) is 6.33 Å². The summed E-state index contributed by atoms with van der Waals surface area (Å²) in [4.78, 5) is 15.2. The average molecular weight is 273 g/mol. The summed E-state index contributed by atoms with van der Waals surface area (Å²) in [6.07, 6.45) is 2.33. The monoisotopic (exact) mass is 273 g/mol. The second-order valence-electron chi connectivity index (χ2n) is 5.15. The Hall–Kier alpha value is -2.17. The van der Waals surface area contributed by atoms with Gasteiger partial charge in [0.1, 0.15) is 18.7 Å². The Labute approximate surface area is 118 Å². The van der Waals surface area contributed by atoms with Crippen LogP contribution in [0.5, 0.6) is 5.75 Å². The van der Waals surface area contributed by atoms with E-state index in [0.717, 1.165) is 24.2 Å². The fourth-order valence-corrected chi connectivity index (χ4v) is 2.00. The number of benzene rings is 1. The van der Waals surface area contributed by atoms with Gasteiger partial charge in [-0.3, -0.25) is 4.79 Å². The summed E-state index contributed by atoms with van der Waals surface area (Å²) in [7, 11) is 0. The van der Waals surface area contributed by atoms with Gasteiger partial charge in [-0.15, -0.1) is 0 Å². The fraction of sp³-hybridized carbons (Fsp3) is 0.400. The third-order valence-corrected chi connectivity index (χ3v) is 2.95. The SMILES string of the molecule is Cc1cccc(C=O)c1OCc1ncnn1CC(C)C. The van der Waals surface area contributed by atoms with Gasteiger partial charge in [0.15, 0.2) is 12.1 Å². The Morgan fingerprint density at radius 3 is 2.90 bits per heavy atom. The summed E-state index contributed by atoms with van der Waals surface area (Å²) in [5.74, 6) is 1.86. The maximum absolute atomic E-state index is 11.0. The van der Waals surface area contributed by atoms with Crippen molar-refractivity contribution in [3.8, 4) is 5.75 Å². The zero-order valence-electron chi connectivity index (χ0n) is 12.0. The standard InChI is InChI=1S/C15H19N3O2/c1-11(2)7-18-14(16-10-17-18)9-20-15-12(3)5-4-6-13(15)8-19/h4-6,8,10-11H,7,9H2,1-3H3. The van der Waals surface area contributed by atoms with Crippen molar-refractivity contribution in [1.82, 2.24) is 14.8 Å². The van der Waals surface area contributed by atoms with Crippen molar-refractivity contribution in [2.45, 2.75) is 33.9 Å². The number of aromatic nitrogens is 3. The average Bonchev–Trinajstić information content (AvgIpc) is 2.83. The largest absolute Gasteiger partial charge is 0.485 e. The first-order chi connectivity index (χ1) is 9.61. The summed E-state index contributed by atoms with van der Waals surface area (Å²) < 4.78 is 7.61. The van der Waals surface area contributed by atoms with E-state index in [0.29, 0.717) is 23.8 Å². The maximum Gasteiger partial charge on any atom is 0.164 e. The number of nitrogens with zero attached hydrogens (tertiary/aromatic N) is 3. The maximum atomic E-state index is 11.0. The van der Waals surface area contributed by atoms with Crippen molar-refractivity contribution in [3.63, 3.8) is 0 Å². The van der Waals surface area contributed by atoms with E-state index in [2.05, 4.69) is 23.9 Å². The van der Waals surface area contributed by atoms with Crippen LogP contribution in [-0.2, 0) is 13.2 Å². The Bertz CT molecular complexity index is 591. The minimum atomic E-state index is 0.304. The van der Waals surface area contributed by atoms with E-state index in [1.807, 2.05) is 23.7 Å². The third-order valence-electron chi connectivity index (χ3n) is 2.95. The Balaban J connectivity index is 2.13. The van der Waals surface area contributed by atoms with E-state index in [4.69, 9.17) is 4.74 Å². The van der Waals surface area contributed by atoms with Crippen LogP contribution >= 0.6 is 0 Å². The molecule has 0 unspecified atom stereocenters. The Morgan fingerprint density at radius 2 is 2.20 bits per heavy atom.